The van der Waals surface area contributed by atoms with Gasteiger partial charge in [0.1, 0.15) is 0 Å². The standard InChI is InChI=1S/C7H10BrN5O2/c8-6-10-7(13(14)15)11-12(6)4-5-2-1-3-9-5/h5,9H,1-4H2/t5-/m1/s1. The molecule has 0 amide bonds. The Kier molecular flexibility index (Phi) is 2.96. The monoisotopic (exact) mass is 275 g/mol. The van der Waals surface area contributed by atoms with Crippen LogP contribution in [0.2, 0.25) is 0 Å². The Hall–Kier alpha value is -1.02. The molecule has 0 bridgehead atoms. The van der Waals surface area contributed by atoms with Gasteiger partial charge in [-0.25, -0.2) is 0 Å². The third-order valence-electron chi connectivity index (χ3n) is 2.33. The molecule has 0 unspecified atom stereocenters. The van der Waals surface area contributed by atoms with Crippen molar-refractivity contribution in [3.05, 3.63) is 14.8 Å². The molecule has 0 saturated carbocycles. The topological polar surface area (TPSA) is 85.9 Å². The summed E-state index contributed by atoms with van der Waals surface area (Å²) in [6.45, 7) is 1.61. The summed E-state index contributed by atoms with van der Waals surface area (Å²) in [4.78, 5) is 13.5. The van der Waals surface area contributed by atoms with E-state index in [0.717, 1.165) is 19.4 Å². The number of nitro groups is 1. The molecule has 1 aromatic heterocycles. The lowest BCUT2D eigenvalue weighted by molar-refractivity contribution is -0.394. The van der Waals surface area contributed by atoms with E-state index in [1.807, 2.05) is 0 Å². The lowest BCUT2D eigenvalue weighted by Crippen LogP contribution is -2.27. The SMILES string of the molecule is O=[N+]([O-])c1nc(Br)n(C[C@H]2CCCN2)n1. The van der Waals surface area contributed by atoms with Crippen LogP contribution in [-0.2, 0) is 6.54 Å². The van der Waals surface area contributed by atoms with E-state index in [-0.39, 0.29) is 5.95 Å². The highest BCUT2D eigenvalue weighted by molar-refractivity contribution is 9.10. The predicted octanol–water partition coefficient (Wildman–Crippen LogP) is 0.701. The van der Waals surface area contributed by atoms with E-state index in [1.54, 1.807) is 0 Å². The minimum atomic E-state index is -0.594. The zero-order valence-electron chi connectivity index (χ0n) is 7.89. The molecule has 1 N–H and O–H groups in total. The summed E-state index contributed by atoms with van der Waals surface area (Å²) < 4.78 is 1.92. The van der Waals surface area contributed by atoms with E-state index in [1.165, 1.54) is 4.68 Å². The number of aromatic nitrogens is 3. The van der Waals surface area contributed by atoms with Gasteiger partial charge in [0.15, 0.2) is 0 Å². The van der Waals surface area contributed by atoms with Gasteiger partial charge < -0.3 is 15.4 Å². The molecule has 0 spiro atoms. The van der Waals surface area contributed by atoms with Crippen LogP contribution in [0.3, 0.4) is 0 Å². The molecule has 1 aliphatic rings. The Morgan fingerprint density at radius 3 is 3.07 bits per heavy atom. The van der Waals surface area contributed by atoms with Gasteiger partial charge in [-0.15, -0.1) is 0 Å². The van der Waals surface area contributed by atoms with Crippen molar-refractivity contribution in [1.29, 1.82) is 0 Å². The van der Waals surface area contributed by atoms with Crippen molar-refractivity contribution in [2.45, 2.75) is 25.4 Å². The highest BCUT2D eigenvalue weighted by Crippen LogP contribution is 2.14. The summed E-state index contributed by atoms with van der Waals surface area (Å²) in [5.41, 5.74) is 0. The van der Waals surface area contributed by atoms with Gasteiger partial charge in [0.2, 0.25) is 0 Å². The van der Waals surface area contributed by atoms with E-state index < -0.39 is 4.92 Å². The van der Waals surface area contributed by atoms with Gasteiger partial charge in [-0.1, -0.05) is 0 Å². The minimum Gasteiger partial charge on any atom is -0.390 e. The Balaban J connectivity index is 2.10. The molecule has 1 saturated heterocycles. The molecule has 0 aromatic carbocycles. The number of hydrogen-bond donors (Lipinski definition) is 1. The molecule has 8 heteroatoms. The van der Waals surface area contributed by atoms with Crippen LogP contribution in [0.5, 0.6) is 0 Å². The first kappa shape index (κ1) is 10.5. The highest BCUT2D eigenvalue weighted by Gasteiger charge is 2.23. The Morgan fingerprint density at radius 2 is 2.53 bits per heavy atom. The number of hydrogen-bond acceptors (Lipinski definition) is 5. The fourth-order valence-electron chi connectivity index (χ4n) is 1.63. The van der Waals surface area contributed by atoms with Gasteiger partial charge in [0, 0.05) is 27.1 Å². The smallest absolute Gasteiger partial charge is 0.390 e. The van der Waals surface area contributed by atoms with Gasteiger partial charge in [-0.3, -0.25) is 0 Å². The van der Waals surface area contributed by atoms with Crippen LogP contribution in [-0.4, -0.2) is 32.3 Å². The fourth-order valence-corrected chi connectivity index (χ4v) is 2.01. The largest absolute Gasteiger partial charge is 0.492 e. The van der Waals surface area contributed by atoms with Crippen molar-refractivity contribution in [3.8, 4) is 0 Å². The van der Waals surface area contributed by atoms with E-state index in [2.05, 4.69) is 31.3 Å². The quantitative estimate of drug-likeness (QED) is 0.648. The maximum Gasteiger partial charge on any atom is 0.492 e. The van der Waals surface area contributed by atoms with Gasteiger partial charge in [-0.05, 0) is 29.3 Å². The normalized spacial score (nSPS) is 20.7. The molecule has 0 aliphatic carbocycles. The van der Waals surface area contributed by atoms with Gasteiger partial charge in [0.05, 0.1) is 6.54 Å². The number of nitrogens with one attached hydrogen (secondary N) is 1. The first-order chi connectivity index (χ1) is 7.16. The van der Waals surface area contributed by atoms with Gasteiger partial charge in [-0.2, -0.15) is 4.68 Å². The summed E-state index contributed by atoms with van der Waals surface area (Å²) in [6, 6.07) is 0.336. The Bertz CT molecular complexity index is 373. The molecule has 7 nitrogen and oxygen atoms in total. The zero-order chi connectivity index (χ0) is 10.8. The molecule has 1 atom stereocenters. The van der Waals surface area contributed by atoms with E-state index in [0.29, 0.717) is 17.3 Å². The molecular weight excluding hydrogens is 266 g/mol. The summed E-state index contributed by atoms with van der Waals surface area (Å²) in [6.07, 6.45) is 2.21. The predicted molar refractivity (Wildman–Crippen MR) is 55.4 cm³/mol. The van der Waals surface area contributed by atoms with Crippen LogP contribution < -0.4 is 5.32 Å². The van der Waals surface area contributed by atoms with Crippen molar-refractivity contribution in [3.63, 3.8) is 0 Å². The highest BCUT2D eigenvalue weighted by atomic mass is 79.9. The van der Waals surface area contributed by atoms with Crippen molar-refractivity contribution in [2.24, 2.45) is 0 Å². The Morgan fingerprint density at radius 1 is 1.73 bits per heavy atom. The first-order valence-electron chi connectivity index (χ1n) is 4.65. The van der Waals surface area contributed by atoms with Crippen molar-refractivity contribution < 1.29 is 4.92 Å². The van der Waals surface area contributed by atoms with Crippen LogP contribution in [0.15, 0.2) is 4.73 Å². The second-order valence-corrected chi connectivity index (χ2v) is 4.12. The molecule has 0 radical (unpaired) electrons. The van der Waals surface area contributed by atoms with Gasteiger partial charge >= 0.3 is 5.95 Å². The average Bonchev–Trinajstić information content (AvgIpc) is 2.77. The third-order valence-corrected chi connectivity index (χ3v) is 2.92. The van der Waals surface area contributed by atoms with Crippen molar-refractivity contribution in [2.75, 3.05) is 6.54 Å². The maximum absolute atomic E-state index is 10.4. The van der Waals surface area contributed by atoms with Crippen molar-refractivity contribution >= 4 is 21.9 Å². The van der Waals surface area contributed by atoms with E-state index in [4.69, 9.17) is 0 Å². The number of halogens is 1. The summed E-state index contributed by atoms with van der Waals surface area (Å²) in [7, 11) is 0. The molecule has 1 aliphatic heterocycles. The van der Waals surface area contributed by atoms with Crippen LogP contribution in [0.1, 0.15) is 12.8 Å². The molecule has 2 rings (SSSR count). The summed E-state index contributed by atoms with van der Waals surface area (Å²) >= 11 is 3.15. The molecular formula is C7H10BrN5O2. The second-order valence-electron chi connectivity index (χ2n) is 3.41. The number of rotatable bonds is 3. The van der Waals surface area contributed by atoms with Crippen LogP contribution in [0.4, 0.5) is 5.95 Å². The van der Waals surface area contributed by atoms with Gasteiger partial charge in [0.25, 0.3) is 4.73 Å². The molecule has 1 fully saturated rings. The Labute approximate surface area is 94.1 Å². The summed E-state index contributed by atoms with van der Waals surface area (Å²) in [5, 5.41) is 17.5. The molecule has 1 aromatic rings. The third kappa shape index (κ3) is 2.32. The molecule has 2 heterocycles. The van der Waals surface area contributed by atoms with Crippen LogP contribution >= 0.6 is 15.9 Å². The van der Waals surface area contributed by atoms with Crippen LogP contribution in [0.25, 0.3) is 0 Å². The molecule has 15 heavy (non-hydrogen) atoms. The average molecular weight is 276 g/mol. The molecule has 82 valence electrons. The summed E-state index contributed by atoms with van der Waals surface area (Å²) in [5.74, 6) is -0.361. The van der Waals surface area contributed by atoms with Crippen molar-refractivity contribution in [1.82, 2.24) is 20.1 Å². The lowest BCUT2D eigenvalue weighted by Gasteiger charge is -2.06. The van der Waals surface area contributed by atoms with E-state index in [9.17, 15) is 10.1 Å². The minimum absolute atomic E-state index is 0.336. The number of nitrogens with zero attached hydrogens (tertiary/aromatic N) is 4. The fraction of sp³-hybridized carbons (Fsp3) is 0.714. The zero-order valence-corrected chi connectivity index (χ0v) is 9.48. The van der Waals surface area contributed by atoms with Crippen LogP contribution in [0, 0.1) is 10.1 Å². The maximum atomic E-state index is 10.4. The van der Waals surface area contributed by atoms with E-state index >= 15 is 0 Å². The lowest BCUT2D eigenvalue weighted by atomic mass is 10.2. The second kappa shape index (κ2) is 4.23. The first-order valence-corrected chi connectivity index (χ1v) is 5.44.